The van der Waals surface area contributed by atoms with Crippen LogP contribution in [0.15, 0.2) is 11.1 Å². The fourth-order valence-corrected chi connectivity index (χ4v) is 4.65. The molecule has 0 saturated heterocycles. The Morgan fingerprint density at radius 1 is 1.07 bits per heavy atom. The minimum absolute atomic E-state index is 0.798. The van der Waals surface area contributed by atoms with Crippen molar-refractivity contribution in [1.29, 1.82) is 0 Å². The molecule has 0 radical (unpaired) electrons. The Bertz CT molecular complexity index is 246. The highest BCUT2D eigenvalue weighted by atomic mass is 79.9. The summed E-state index contributed by atoms with van der Waals surface area (Å²) in [6, 6.07) is 0.798. The van der Waals surface area contributed by atoms with Crippen molar-refractivity contribution in [2.75, 3.05) is 6.54 Å². The van der Waals surface area contributed by atoms with Crippen LogP contribution in [-0.2, 0) is 0 Å². The maximum Gasteiger partial charge on any atom is 0.0268 e. The van der Waals surface area contributed by atoms with E-state index in [2.05, 4.69) is 27.8 Å². The summed E-state index contributed by atoms with van der Waals surface area (Å²) in [4.78, 5) is 0. The summed E-state index contributed by atoms with van der Waals surface area (Å²) in [6.45, 7) is 4.86. The summed E-state index contributed by atoms with van der Waals surface area (Å²) >= 11 is 3.44. The average molecular weight is 270 g/mol. The minimum Gasteiger partial charge on any atom is -0.309 e. The third-order valence-corrected chi connectivity index (χ3v) is 5.04. The van der Waals surface area contributed by atoms with Crippen molar-refractivity contribution in [3.05, 3.63) is 11.1 Å². The molecule has 0 atom stereocenters. The Labute approximate surface area is 101 Å². The molecule has 0 amide bonds. The van der Waals surface area contributed by atoms with E-state index >= 15 is 0 Å². The topological polar surface area (TPSA) is 12.0 Å². The van der Waals surface area contributed by atoms with Gasteiger partial charge in [-0.2, -0.15) is 0 Å². The van der Waals surface area contributed by atoms with Gasteiger partial charge < -0.3 is 5.32 Å². The summed E-state index contributed by atoms with van der Waals surface area (Å²) in [5.74, 6) is 4.12. The molecule has 15 heavy (non-hydrogen) atoms. The van der Waals surface area contributed by atoms with Gasteiger partial charge in [0.1, 0.15) is 0 Å². The number of hydrogen-bond donors (Lipinski definition) is 1. The van der Waals surface area contributed by atoms with Gasteiger partial charge in [0.15, 0.2) is 0 Å². The maximum absolute atomic E-state index is 3.91. The molecule has 0 heterocycles. The summed E-state index contributed by atoms with van der Waals surface area (Å²) in [6.07, 6.45) is 7.54. The van der Waals surface area contributed by atoms with Crippen LogP contribution in [0.1, 0.15) is 32.1 Å². The van der Waals surface area contributed by atoms with Crippen LogP contribution < -0.4 is 5.32 Å². The molecule has 4 saturated carbocycles. The second-order valence-corrected chi connectivity index (χ2v) is 6.98. The van der Waals surface area contributed by atoms with E-state index in [9.17, 15) is 0 Å². The van der Waals surface area contributed by atoms with Crippen LogP contribution in [0.25, 0.3) is 0 Å². The van der Waals surface area contributed by atoms with Gasteiger partial charge in [0.05, 0.1) is 0 Å². The van der Waals surface area contributed by atoms with Crippen molar-refractivity contribution in [1.82, 2.24) is 5.32 Å². The van der Waals surface area contributed by atoms with E-state index in [1.54, 1.807) is 6.42 Å². The minimum atomic E-state index is 0.798. The molecule has 1 nitrogen and oxygen atoms in total. The molecule has 84 valence electrons. The van der Waals surface area contributed by atoms with Gasteiger partial charge in [0, 0.05) is 17.1 Å². The molecule has 4 aliphatic carbocycles. The Kier molecular flexibility index (Phi) is 2.68. The SMILES string of the molecule is C=C(Br)CNC1C2CC3CC(C2)CC1C3. The zero-order valence-corrected chi connectivity index (χ0v) is 10.8. The molecule has 0 aromatic carbocycles. The van der Waals surface area contributed by atoms with E-state index in [4.69, 9.17) is 0 Å². The molecule has 0 aliphatic heterocycles. The predicted octanol–water partition coefficient (Wildman–Crippen LogP) is 3.31. The molecule has 2 heteroatoms. The van der Waals surface area contributed by atoms with Crippen molar-refractivity contribution < 1.29 is 0 Å². The molecule has 1 N–H and O–H groups in total. The first kappa shape index (κ1) is 10.3. The number of halogens is 1. The molecule has 0 aromatic heterocycles. The zero-order valence-electron chi connectivity index (χ0n) is 9.21. The molecule has 4 rings (SSSR count). The third-order valence-electron chi connectivity index (χ3n) is 4.76. The number of rotatable bonds is 3. The van der Waals surface area contributed by atoms with Crippen LogP contribution in [0, 0.1) is 23.7 Å². The lowest BCUT2D eigenvalue weighted by molar-refractivity contribution is -0.0124. The standard InChI is InChI=1S/C13H20BrN/c1-8(14)7-15-13-11-3-9-2-10(5-11)6-12(13)4-9/h9-13,15H,1-7H2. The van der Waals surface area contributed by atoms with Gasteiger partial charge in [-0.3, -0.25) is 0 Å². The maximum atomic E-state index is 3.91. The molecule has 0 aromatic rings. The molecule has 4 aliphatic rings. The summed E-state index contributed by atoms with van der Waals surface area (Å²) < 4.78 is 1.09. The number of hydrogen-bond acceptors (Lipinski definition) is 1. The first-order chi connectivity index (χ1) is 7.22. The molecular formula is C13H20BrN. The Morgan fingerprint density at radius 3 is 2.07 bits per heavy atom. The van der Waals surface area contributed by atoms with Crippen LogP contribution in [-0.4, -0.2) is 12.6 Å². The van der Waals surface area contributed by atoms with Gasteiger partial charge in [-0.25, -0.2) is 0 Å². The number of nitrogens with one attached hydrogen (secondary N) is 1. The predicted molar refractivity (Wildman–Crippen MR) is 66.9 cm³/mol. The average Bonchev–Trinajstić information content (AvgIpc) is 2.14. The summed E-state index contributed by atoms with van der Waals surface area (Å²) in [7, 11) is 0. The molecule has 0 spiro atoms. The van der Waals surface area contributed by atoms with Crippen molar-refractivity contribution in [2.24, 2.45) is 23.7 Å². The second kappa shape index (κ2) is 3.89. The first-order valence-electron chi connectivity index (χ1n) is 6.29. The van der Waals surface area contributed by atoms with Crippen molar-refractivity contribution in [3.8, 4) is 0 Å². The van der Waals surface area contributed by atoms with Gasteiger partial charge in [0.2, 0.25) is 0 Å². The molecule has 4 bridgehead atoms. The highest BCUT2D eigenvalue weighted by Crippen LogP contribution is 2.53. The highest BCUT2D eigenvalue weighted by Gasteiger charge is 2.47. The van der Waals surface area contributed by atoms with Gasteiger partial charge in [-0.15, -0.1) is 0 Å². The van der Waals surface area contributed by atoms with Crippen LogP contribution in [0.3, 0.4) is 0 Å². The zero-order chi connectivity index (χ0) is 10.4. The van der Waals surface area contributed by atoms with Crippen molar-refractivity contribution in [2.45, 2.75) is 38.1 Å². The van der Waals surface area contributed by atoms with Crippen LogP contribution >= 0.6 is 15.9 Å². The second-order valence-electron chi connectivity index (χ2n) is 5.85. The largest absolute Gasteiger partial charge is 0.309 e. The normalized spacial score (nSPS) is 47.1. The Hall–Kier alpha value is 0.180. The van der Waals surface area contributed by atoms with E-state index < -0.39 is 0 Å². The van der Waals surface area contributed by atoms with Crippen LogP contribution in [0.4, 0.5) is 0 Å². The van der Waals surface area contributed by atoms with Gasteiger partial charge in [0.25, 0.3) is 0 Å². The van der Waals surface area contributed by atoms with E-state index in [-0.39, 0.29) is 0 Å². The molecule has 0 unspecified atom stereocenters. The first-order valence-corrected chi connectivity index (χ1v) is 7.08. The smallest absolute Gasteiger partial charge is 0.0268 e. The van der Waals surface area contributed by atoms with Crippen LogP contribution in [0.5, 0.6) is 0 Å². The van der Waals surface area contributed by atoms with Gasteiger partial charge in [-0.1, -0.05) is 22.5 Å². The lowest BCUT2D eigenvalue weighted by Crippen LogP contribution is -2.54. The lowest BCUT2D eigenvalue weighted by atomic mass is 9.54. The van der Waals surface area contributed by atoms with Crippen molar-refractivity contribution >= 4 is 15.9 Å². The van der Waals surface area contributed by atoms with Crippen LogP contribution in [0.2, 0.25) is 0 Å². The quantitative estimate of drug-likeness (QED) is 0.829. The monoisotopic (exact) mass is 269 g/mol. The Morgan fingerprint density at radius 2 is 1.60 bits per heavy atom. The molecular weight excluding hydrogens is 250 g/mol. The molecule has 4 fully saturated rings. The highest BCUT2D eigenvalue weighted by molar-refractivity contribution is 9.11. The fraction of sp³-hybridized carbons (Fsp3) is 0.846. The van der Waals surface area contributed by atoms with Gasteiger partial charge in [-0.05, 0) is 55.8 Å². The van der Waals surface area contributed by atoms with E-state index in [0.29, 0.717) is 0 Å². The van der Waals surface area contributed by atoms with E-state index in [0.717, 1.165) is 40.7 Å². The Balaban J connectivity index is 1.67. The summed E-state index contributed by atoms with van der Waals surface area (Å²) in [5.41, 5.74) is 0. The van der Waals surface area contributed by atoms with E-state index in [1.807, 2.05) is 0 Å². The fourth-order valence-electron chi connectivity index (χ4n) is 4.49. The van der Waals surface area contributed by atoms with Crippen molar-refractivity contribution in [3.63, 3.8) is 0 Å². The summed E-state index contributed by atoms with van der Waals surface area (Å²) in [5, 5.41) is 3.72. The van der Waals surface area contributed by atoms with E-state index in [1.165, 1.54) is 25.7 Å². The lowest BCUT2D eigenvalue weighted by Gasteiger charge is -2.54. The van der Waals surface area contributed by atoms with Gasteiger partial charge >= 0.3 is 0 Å². The third kappa shape index (κ3) is 1.91.